The van der Waals surface area contributed by atoms with Crippen molar-refractivity contribution in [2.75, 3.05) is 0 Å². The average molecular weight is 264 g/mol. The molecule has 0 unspecified atom stereocenters. The van der Waals surface area contributed by atoms with Crippen LogP contribution in [0.5, 0.6) is 0 Å². The molecule has 0 amide bonds. The van der Waals surface area contributed by atoms with Gasteiger partial charge in [-0.3, -0.25) is 0 Å². The van der Waals surface area contributed by atoms with Crippen LogP contribution in [0.2, 0.25) is 0 Å². The molecule has 2 aromatic rings. The normalized spacial score (nSPS) is 13.3. The molecule has 0 aliphatic heterocycles. The van der Waals surface area contributed by atoms with Crippen LogP contribution in [-0.4, -0.2) is 9.97 Å². The Bertz CT molecular complexity index is 767. The van der Waals surface area contributed by atoms with E-state index in [1.165, 1.54) is 16.3 Å². The van der Waals surface area contributed by atoms with E-state index in [1.54, 1.807) is 6.08 Å². The fourth-order valence-corrected chi connectivity index (χ4v) is 2.43. The Morgan fingerprint density at radius 2 is 1.80 bits per heavy atom. The molecule has 0 aliphatic carbocycles. The van der Waals surface area contributed by atoms with Crippen molar-refractivity contribution in [3.05, 3.63) is 59.5 Å². The number of hydrogen-bond donors (Lipinski definition) is 2. The van der Waals surface area contributed by atoms with Gasteiger partial charge >= 0.3 is 0 Å². The van der Waals surface area contributed by atoms with Crippen LogP contribution in [0.1, 0.15) is 25.1 Å². The zero-order chi connectivity index (χ0) is 14.5. The molecule has 0 spiro atoms. The SMILES string of the molecule is C=C/C=c1/[nH]cc(-c2c[nH]c(C=C)c2/C=C\C)/c1=C/C. The molecule has 0 saturated heterocycles. The van der Waals surface area contributed by atoms with Crippen molar-refractivity contribution < 1.29 is 0 Å². The second-order valence-corrected chi connectivity index (χ2v) is 4.45. The minimum absolute atomic E-state index is 1.04. The summed E-state index contributed by atoms with van der Waals surface area (Å²) in [6, 6.07) is 0. The number of H-pyrrole nitrogens is 2. The predicted molar refractivity (Wildman–Crippen MR) is 89.4 cm³/mol. The van der Waals surface area contributed by atoms with E-state index in [-0.39, 0.29) is 0 Å². The number of hydrogen-bond acceptors (Lipinski definition) is 0. The van der Waals surface area contributed by atoms with Gasteiger partial charge in [0.1, 0.15) is 0 Å². The maximum absolute atomic E-state index is 3.86. The molecule has 2 N–H and O–H groups in total. The Hall–Kier alpha value is -2.48. The molecule has 102 valence electrons. The van der Waals surface area contributed by atoms with Crippen molar-refractivity contribution in [1.82, 2.24) is 9.97 Å². The van der Waals surface area contributed by atoms with Crippen LogP contribution in [0, 0.1) is 0 Å². The summed E-state index contributed by atoms with van der Waals surface area (Å²) in [5, 5.41) is 2.26. The van der Waals surface area contributed by atoms with Crippen LogP contribution in [0.25, 0.3) is 35.4 Å². The molecule has 0 bridgehead atoms. The van der Waals surface area contributed by atoms with Gasteiger partial charge in [0, 0.05) is 45.3 Å². The summed E-state index contributed by atoms with van der Waals surface area (Å²) in [5.41, 5.74) is 4.55. The van der Waals surface area contributed by atoms with Crippen LogP contribution in [0.3, 0.4) is 0 Å². The van der Waals surface area contributed by atoms with E-state index < -0.39 is 0 Å². The van der Waals surface area contributed by atoms with Crippen molar-refractivity contribution in [2.45, 2.75) is 13.8 Å². The van der Waals surface area contributed by atoms with Crippen molar-refractivity contribution in [2.24, 2.45) is 0 Å². The van der Waals surface area contributed by atoms with Crippen LogP contribution in [-0.2, 0) is 0 Å². The highest BCUT2D eigenvalue weighted by atomic mass is 14.7. The van der Waals surface area contributed by atoms with Gasteiger partial charge in [0.25, 0.3) is 0 Å². The zero-order valence-corrected chi connectivity index (χ0v) is 12.0. The molecule has 20 heavy (non-hydrogen) atoms. The Morgan fingerprint density at radius 3 is 2.40 bits per heavy atom. The second kappa shape index (κ2) is 6.11. The fraction of sp³-hybridized carbons (Fsp3) is 0.111. The summed E-state index contributed by atoms with van der Waals surface area (Å²) < 4.78 is 0. The van der Waals surface area contributed by atoms with Gasteiger partial charge in [0.05, 0.1) is 0 Å². The highest BCUT2D eigenvalue weighted by molar-refractivity contribution is 5.80. The van der Waals surface area contributed by atoms with E-state index in [0.29, 0.717) is 0 Å². The molecule has 0 radical (unpaired) electrons. The molecule has 0 fully saturated rings. The lowest BCUT2D eigenvalue weighted by Crippen LogP contribution is -2.23. The fourth-order valence-electron chi connectivity index (χ4n) is 2.43. The molecule has 0 atom stereocenters. The van der Waals surface area contributed by atoms with Crippen molar-refractivity contribution in [1.29, 1.82) is 0 Å². The lowest BCUT2D eigenvalue weighted by atomic mass is 10.0. The first-order valence-electron chi connectivity index (χ1n) is 6.70. The number of aromatic amines is 2. The molecular weight excluding hydrogens is 244 g/mol. The van der Waals surface area contributed by atoms with E-state index in [1.807, 2.05) is 44.5 Å². The second-order valence-electron chi connectivity index (χ2n) is 4.45. The largest absolute Gasteiger partial charge is 0.361 e. The summed E-state index contributed by atoms with van der Waals surface area (Å²) in [7, 11) is 0. The first-order chi connectivity index (χ1) is 9.76. The number of aromatic nitrogens is 2. The number of nitrogens with one attached hydrogen (secondary N) is 2. The Balaban J connectivity index is 2.76. The van der Waals surface area contributed by atoms with Crippen LogP contribution < -0.4 is 10.6 Å². The van der Waals surface area contributed by atoms with E-state index in [0.717, 1.165) is 16.6 Å². The van der Waals surface area contributed by atoms with Gasteiger partial charge in [-0.1, -0.05) is 37.5 Å². The van der Waals surface area contributed by atoms with Gasteiger partial charge in [0.15, 0.2) is 0 Å². The molecule has 2 aromatic heterocycles. The topological polar surface area (TPSA) is 31.6 Å². The molecule has 2 heteroatoms. The maximum Gasteiger partial charge on any atom is 0.0456 e. The third kappa shape index (κ3) is 2.32. The number of allylic oxidation sites excluding steroid dienone is 2. The monoisotopic (exact) mass is 264 g/mol. The summed E-state index contributed by atoms with van der Waals surface area (Å²) in [6.07, 6.45) is 15.9. The number of rotatable bonds is 4. The highest BCUT2D eigenvalue weighted by Gasteiger charge is 2.10. The molecule has 0 aliphatic rings. The highest BCUT2D eigenvalue weighted by Crippen LogP contribution is 2.25. The van der Waals surface area contributed by atoms with Crippen LogP contribution in [0.15, 0.2) is 37.7 Å². The van der Waals surface area contributed by atoms with Gasteiger partial charge in [-0.25, -0.2) is 0 Å². The third-order valence-electron chi connectivity index (χ3n) is 3.31. The molecule has 2 rings (SSSR count). The maximum atomic E-state index is 3.86. The van der Waals surface area contributed by atoms with Crippen LogP contribution in [0.4, 0.5) is 0 Å². The van der Waals surface area contributed by atoms with E-state index in [4.69, 9.17) is 0 Å². The van der Waals surface area contributed by atoms with Gasteiger partial charge in [-0.05, 0) is 26.0 Å². The lowest BCUT2D eigenvalue weighted by molar-refractivity contribution is 1.32. The summed E-state index contributed by atoms with van der Waals surface area (Å²) in [6.45, 7) is 11.7. The Labute approximate surface area is 119 Å². The molecule has 2 heterocycles. The summed E-state index contributed by atoms with van der Waals surface area (Å²) in [4.78, 5) is 6.57. The van der Waals surface area contributed by atoms with Crippen LogP contribution >= 0.6 is 0 Å². The predicted octanol–water partition coefficient (Wildman–Crippen LogP) is 3.45. The minimum atomic E-state index is 1.04. The molecule has 0 saturated carbocycles. The quantitative estimate of drug-likeness (QED) is 0.847. The first kappa shape index (κ1) is 13.9. The lowest BCUT2D eigenvalue weighted by Gasteiger charge is -1.98. The zero-order valence-electron chi connectivity index (χ0n) is 12.0. The summed E-state index contributed by atoms with van der Waals surface area (Å²) in [5.74, 6) is 0. The van der Waals surface area contributed by atoms with Crippen molar-refractivity contribution in [3.63, 3.8) is 0 Å². The van der Waals surface area contributed by atoms with E-state index in [2.05, 4.69) is 35.3 Å². The van der Waals surface area contributed by atoms with Gasteiger partial charge in [0.2, 0.25) is 0 Å². The molecule has 0 aromatic carbocycles. The van der Waals surface area contributed by atoms with E-state index in [9.17, 15) is 0 Å². The Kier molecular flexibility index (Phi) is 4.26. The molecule has 2 nitrogen and oxygen atoms in total. The average Bonchev–Trinajstić information content (AvgIpc) is 3.03. The summed E-state index contributed by atoms with van der Waals surface area (Å²) >= 11 is 0. The van der Waals surface area contributed by atoms with Gasteiger partial charge in [-0.15, -0.1) is 0 Å². The minimum Gasteiger partial charge on any atom is -0.361 e. The standard InChI is InChI=1S/C18H20N2/c1-5-9-14-16(12-19-17(14)8-4)15-11-20-18(10-6-2)13(15)7-3/h5-12,19-20H,2,4H2,1,3H3/b9-5-,13-7-,18-10+. The Morgan fingerprint density at radius 1 is 1.05 bits per heavy atom. The van der Waals surface area contributed by atoms with Gasteiger partial charge < -0.3 is 9.97 Å². The smallest absolute Gasteiger partial charge is 0.0456 e. The van der Waals surface area contributed by atoms with Gasteiger partial charge in [-0.2, -0.15) is 0 Å². The molecular formula is C18H20N2. The third-order valence-corrected chi connectivity index (χ3v) is 3.31. The van der Waals surface area contributed by atoms with Crippen molar-refractivity contribution in [3.8, 4) is 11.1 Å². The van der Waals surface area contributed by atoms with Crippen molar-refractivity contribution >= 4 is 24.3 Å². The first-order valence-corrected chi connectivity index (χ1v) is 6.70. The van der Waals surface area contributed by atoms with E-state index >= 15 is 0 Å².